The van der Waals surface area contributed by atoms with Crippen LogP contribution in [0.3, 0.4) is 0 Å². The number of hydrogen-bond acceptors (Lipinski definition) is 3. The van der Waals surface area contributed by atoms with Crippen LogP contribution in [-0.4, -0.2) is 27.1 Å². The Bertz CT molecular complexity index is 202. The standard InChI is InChI=1S/C7H12O4/c1-5(2)6(3,4(8)9)7(5,10)11/h10-11H,1-3H3,(H,8,9). The molecule has 1 atom stereocenters. The lowest BCUT2D eigenvalue weighted by Crippen LogP contribution is -2.24. The Hall–Kier alpha value is -0.610. The van der Waals surface area contributed by atoms with Gasteiger partial charge in [-0.3, -0.25) is 4.79 Å². The second-order valence-corrected chi connectivity index (χ2v) is 3.73. The van der Waals surface area contributed by atoms with Gasteiger partial charge in [-0.1, -0.05) is 13.8 Å². The molecule has 0 saturated heterocycles. The Morgan fingerprint density at radius 2 is 1.45 bits per heavy atom. The molecule has 4 nitrogen and oxygen atoms in total. The minimum atomic E-state index is -2.08. The van der Waals surface area contributed by atoms with Gasteiger partial charge in [0.1, 0.15) is 5.41 Å². The highest BCUT2D eigenvalue weighted by molar-refractivity contribution is 5.82. The number of carboxylic acid groups (broad SMARTS) is 1. The quantitative estimate of drug-likeness (QED) is 0.464. The lowest BCUT2D eigenvalue weighted by atomic mass is 9.99. The van der Waals surface area contributed by atoms with Gasteiger partial charge in [0.25, 0.3) is 0 Å². The smallest absolute Gasteiger partial charge is 0.315 e. The molecule has 0 spiro atoms. The van der Waals surface area contributed by atoms with E-state index >= 15 is 0 Å². The molecule has 1 unspecified atom stereocenters. The predicted octanol–water partition coefficient (Wildman–Crippen LogP) is -0.202. The number of hydrogen-bond donors (Lipinski definition) is 3. The summed E-state index contributed by atoms with van der Waals surface area (Å²) in [6.07, 6.45) is 0. The number of rotatable bonds is 1. The molecular formula is C7H12O4. The summed E-state index contributed by atoms with van der Waals surface area (Å²) in [5, 5.41) is 27.1. The van der Waals surface area contributed by atoms with Gasteiger partial charge < -0.3 is 15.3 Å². The van der Waals surface area contributed by atoms with Crippen molar-refractivity contribution in [1.82, 2.24) is 0 Å². The summed E-state index contributed by atoms with van der Waals surface area (Å²) in [5.74, 6) is -3.25. The minimum Gasteiger partial charge on any atom is -0.481 e. The van der Waals surface area contributed by atoms with Crippen molar-refractivity contribution in [2.45, 2.75) is 26.6 Å². The third-order valence-corrected chi connectivity index (χ3v) is 3.18. The van der Waals surface area contributed by atoms with Crippen molar-refractivity contribution in [2.75, 3.05) is 0 Å². The van der Waals surface area contributed by atoms with E-state index in [-0.39, 0.29) is 0 Å². The van der Waals surface area contributed by atoms with E-state index in [0.717, 1.165) is 0 Å². The van der Waals surface area contributed by atoms with E-state index < -0.39 is 22.6 Å². The van der Waals surface area contributed by atoms with Crippen LogP contribution in [0, 0.1) is 10.8 Å². The highest BCUT2D eigenvalue weighted by atomic mass is 16.5. The average molecular weight is 160 g/mol. The van der Waals surface area contributed by atoms with E-state index in [1.165, 1.54) is 20.8 Å². The van der Waals surface area contributed by atoms with Crippen LogP contribution in [0.15, 0.2) is 0 Å². The maximum absolute atomic E-state index is 10.6. The first-order valence-corrected chi connectivity index (χ1v) is 3.37. The average Bonchev–Trinajstić information content (AvgIpc) is 2.11. The fraction of sp³-hybridized carbons (Fsp3) is 0.857. The van der Waals surface area contributed by atoms with E-state index in [9.17, 15) is 15.0 Å². The minimum absolute atomic E-state index is 0.966. The monoisotopic (exact) mass is 160 g/mol. The van der Waals surface area contributed by atoms with Gasteiger partial charge in [0.15, 0.2) is 5.79 Å². The highest BCUT2D eigenvalue weighted by Gasteiger charge is 2.84. The molecule has 0 aliphatic heterocycles. The van der Waals surface area contributed by atoms with Crippen LogP contribution in [0.5, 0.6) is 0 Å². The molecule has 1 saturated carbocycles. The third kappa shape index (κ3) is 0.555. The number of carboxylic acids is 1. The number of aliphatic carboxylic acids is 1. The number of carbonyl (C=O) groups is 1. The lowest BCUT2D eigenvalue weighted by Gasteiger charge is -2.04. The third-order valence-electron chi connectivity index (χ3n) is 3.18. The molecule has 0 bridgehead atoms. The SMILES string of the molecule is CC1(C)C(O)(O)C1(C)C(=O)O. The zero-order chi connectivity index (χ0) is 9.08. The molecule has 3 N–H and O–H groups in total. The molecule has 1 aliphatic rings. The van der Waals surface area contributed by atoms with E-state index in [1.807, 2.05) is 0 Å². The maximum Gasteiger partial charge on any atom is 0.315 e. The van der Waals surface area contributed by atoms with Crippen molar-refractivity contribution in [1.29, 1.82) is 0 Å². The molecule has 0 aromatic heterocycles. The predicted molar refractivity (Wildman–Crippen MR) is 36.7 cm³/mol. The normalized spacial score (nSPS) is 38.3. The first-order valence-electron chi connectivity index (χ1n) is 3.37. The molecule has 64 valence electrons. The fourth-order valence-electron chi connectivity index (χ4n) is 1.46. The summed E-state index contributed by atoms with van der Waals surface area (Å²) in [4.78, 5) is 10.6. The zero-order valence-electron chi connectivity index (χ0n) is 6.75. The Kier molecular flexibility index (Phi) is 1.23. The van der Waals surface area contributed by atoms with Crippen LogP contribution >= 0.6 is 0 Å². The summed E-state index contributed by atoms with van der Waals surface area (Å²) in [5.41, 5.74) is -2.40. The first kappa shape index (κ1) is 8.49. The van der Waals surface area contributed by atoms with Crippen molar-refractivity contribution in [3.8, 4) is 0 Å². The molecule has 1 rings (SSSR count). The lowest BCUT2D eigenvalue weighted by molar-refractivity contribution is -0.157. The molecule has 0 radical (unpaired) electrons. The highest BCUT2D eigenvalue weighted by Crippen LogP contribution is 2.70. The molecule has 0 aromatic rings. The Balaban J connectivity index is 3.06. The molecule has 1 aliphatic carbocycles. The summed E-state index contributed by atoms with van der Waals surface area (Å²) < 4.78 is 0. The van der Waals surface area contributed by atoms with Gasteiger partial charge in [-0.05, 0) is 6.92 Å². The molecule has 0 heterocycles. The fourth-order valence-corrected chi connectivity index (χ4v) is 1.46. The van der Waals surface area contributed by atoms with Gasteiger partial charge in [0, 0.05) is 5.41 Å². The van der Waals surface area contributed by atoms with Gasteiger partial charge in [0.05, 0.1) is 0 Å². The van der Waals surface area contributed by atoms with E-state index in [0.29, 0.717) is 0 Å². The van der Waals surface area contributed by atoms with Crippen LogP contribution in [0.4, 0.5) is 0 Å². The van der Waals surface area contributed by atoms with Gasteiger partial charge in [-0.15, -0.1) is 0 Å². The van der Waals surface area contributed by atoms with Gasteiger partial charge >= 0.3 is 5.97 Å². The van der Waals surface area contributed by atoms with Crippen LogP contribution < -0.4 is 0 Å². The molecule has 0 aromatic carbocycles. The summed E-state index contributed by atoms with van der Waals surface area (Å²) in [6.45, 7) is 4.36. The first-order chi connectivity index (χ1) is 4.69. The summed E-state index contributed by atoms with van der Waals surface area (Å²) in [7, 11) is 0. The van der Waals surface area contributed by atoms with E-state index in [2.05, 4.69) is 0 Å². The molecule has 0 amide bonds. The summed E-state index contributed by atoms with van der Waals surface area (Å²) in [6, 6.07) is 0. The topological polar surface area (TPSA) is 77.8 Å². The van der Waals surface area contributed by atoms with Crippen molar-refractivity contribution in [3.63, 3.8) is 0 Å². The van der Waals surface area contributed by atoms with Gasteiger partial charge in [-0.25, -0.2) is 0 Å². The number of aliphatic hydroxyl groups is 2. The van der Waals surface area contributed by atoms with Crippen LogP contribution in [0.1, 0.15) is 20.8 Å². The zero-order valence-corrected chi connectivity index (χ0v) is 6.75. The van der Waals surface area contributed by atoms with E-state index in [4.69, 9.17) is 5.11 Å². The van der Waals surface area contributed by atoms with Crippen molar-refractivity contribution >= 4 is 5.97 Å². The van der Waals surface area contributed by atoms with Gasteiger partial charge in [0.2, 0.25) is 0 Å². The van der Waals surface area contributed by atoms with Crippen molar-refractivity contribution in [3.05, 3.63) is 0 Å². The molecular weight excluding hydrogens is 148 g/mol. The summed E-state index contributed by atoms with van der Waals surface area (Å²) >= 11 is 0. The van der Waals surface area contributed by atoms with Crippen LogP contribution in [-0.2, 0) is 4.79 Å². The Labute approximate surface area is 64.5 Å². The van der Waals surface area contributed by atoms with Crippen molar-refractivity contribution in [2.24, 2.45) is 10.8 Å². The van der Waals surface area contributed by atoms with Crippen molar-refractivity contribution < 1.29 is 20.1 Å². The molecule has 11 heavy (non-hydrogen) atoms. The second kappa shape index (κ2) is 1.59. The van der Waals surface area contributed by atoms with Gasteiger partial charge in [-0.2, -0.15) is 0 Å². The second-order valence-electron chi connectivity index (χ2n) is 3.73. The Morgan fingerprint density at radius 1 is 1.18 bits per heavy atom. The maximum atomic E-state index is 10.6. The van der Waals surface area contributed by atoms with Crippen LogP contribution in [0.2, 0.25) is 0 Å². The van der Waals surface area contributed by atoms with E-state index in [1.54, 1.807) is 0 Å². The Morgan fingerprint density at radius 3 is 1.45 bits per heavy atom. The molecule has 1 fully saturated rings. The molecule has 4 heteroatoms. The van der Waals surface area contributed by atoms with Crippen LogP contribution in [0.25, 0.3) is 0 Å². The largest absolute Gasteiger partial charge is 0.481 e.